The predicted octanol–water partition coefficient (Wildman–Crippen LogP) is 4.04. The molecular formula is C19H19F2NO2S. The Hall–Kier alpha value is -1.92. The summed E-state index contributed by atoms with van der Waals surface area (Å²) < 4.78 is 31.6. The van der Waals surface area contributed by atoms with E-state index in [-0.39, 0.29) is 10.3 Å². The largest absolute Gasteiger partial charge is 0.381 e. The summed E-state index contributed by atoms with van der Waals surface area (Å²) in [5.41, 5.74) is 0.117. The van der Waals surface area contributed by atoms with Crippen LogP contribution in [0.25, 0.3) is 0 Å². The Morgan fingerprint density at radius 1 is 1.08 bits per heavy atom. The van der Waals surface area contributed by atoms with Gasteiger partial charge in [-0.1, -0.05) is 18.2 Å². The molecule has 0 bridgehead atoms. The van der Waals surface area contributed by atoms with E-state index in [1.807, 2.05) is 30.3 Å². The maximum Gasteiger partial charge on any atom is 0.251 e. The summed E-state index contributed by atoms with van der Waals surface area (Å²) in [6.45, 7) is 1.72. The number of rotatable bonds is 5. The molecule has 25 heavy (non-hydrogen) atoms. The first-order valence-corrected chi connectivity index (χ1v) is 8.95. The van der Waals surface area contributed by atoms with E-state index in [0.717, 1.165) is 29.9 Å². The summed E-state index contributed by atoms with van der Waals surface area (Å²) in [7, 11) is 0. The molecule has 0 aliphatic carbocycles. The van der Waals surface area contributed by atoms with Gasteiger partial charge in [-0.05, 0) is 43.2 Å². The van der Waals surface area contributed by atoms with E-state index in [1.54, 1.807) is 11.8 Å². The summed E-state index contributed by atoms with van der Waals surface area (Å²) in [4.78, 5) is 13.4. The van der Waals surface area contributed by atoms with Crippen LogP contribution in [-0.2, 0) is 4.74 Å². The Labute approximate surface area is 149 Å². The van der Waals surface area contributed by atoms with Crippen molar-refractivity contribution in [3.8, 4) is 0 Å². The number of thioether (sulfide) groups is 1. The van der Waals surface area contributed by atoms with Crippen molar-refractivity contribution in [3.63, 3.8) is 0 Å². The number of nitrogens with one attached hydrogen (secondary N) is 1. The third kappa shape index (κ3) is 4.58. The molecule has 2 aromatic carbocycles. The molecule has 2 aromatic rings. The van der Waals surface area contributed by atoms with Crippen molar-refractivity contribution in [1.82, 2.24) is 5.32 Å². The third-order valence-corrected chi connectivity index (χ3v) is 5.73. The summed E-state index contributed by atoms with van der Waals surface area (Å²) in [6, 6.07) is 13.2. The first kappa shape index (κ1) is 17.9. The molecule has 0 saturated carbocycles. The lowest BCUT2D eigenvalue weighted by atomic mass is 9.99. The molecule has 0 unspecified atom stereocenters. The van der Waals surface area contributed by atoms with Crippen LogP contribution in [0.2, 0.25) is 0 Å². The number of carbonyl (C=O) groups is 1. The molecule has 6 heteroatoms. The second kappa shape index (κ2) is 7.97. The minimum atomic E-state index is -1.02. The standard InChI is InChI=1S/C19H19F2NO2S/c20-16-7-6-14(12-17(16)21)18(23)22-13-19(8-10-24-11-9-19)25-15-4-2-1-3-5-15/h1-7,12H,8-11,13H2,(H,22,23). The van der Waals surface area contributed by atoms with Gasteiger partial charge in [0.2, 0.25) is 0 Å². The molecular weight excluding hydrogens is 344 g/mol. The molecule has 0 atom stereocenters. The molecule has 1 heterocycles. The minimum absolute atomic E-state index is 0.117. The fraction of sp³-hybridized carbons (Fsp3) is 0.316. The van der Waals surface area contributed by atoms with Crippen LogP contribution < -0.4 is 5.32 Å². The maximum atomic E-state index is 13.3. The van der Waals surface area contributed by atoms with Gasteiger partial charge >= 0.3 is 0 Å². The minimum Gasteiger partial charge on any atom is -0.381 e. The van der Waals surface area contributed by atoms with E-state index in [4.69, 9.17) is 4.74 Å². The van der Waals surface area contributed by atoms with Gasteiger partial charge in [0, 0.05) is 35.0 Å². The molecule has 0 spiro atoms. The molecule has 1 aliphatic rings. The van der Waals surface area contributed by atoms with Crippen molar-refractivity contribution in [1.29, 1.82) is 0 Å². The van der Waals surface area contributed by atoms with Crippen molar-refractivity contribution in [2.24, 2.45) is 0 Å². The Kier molecular flexibility index (Phi) is 5.71. The second-order valence-corrected chi connectivity index (χ2v) is 7.56. The highest BCUT2D eigenvalue weighted by molar-refractivity contribution is 8.00. The monoisotopic (exact) mass is 363 g/mol. The van der Waals surface area contributed by atoms with Crippen LogP contribution in [0, 0.1) is 11.6 Å². The Balaban J connectivity index is 1.70. The van der Waals surface area contributed by atoms with Crippen LogP contribution in [0.3, 0.4) is 0 Å². The molecule has 1 N–H and O–H groups in total. The molecule has 0 radical (unpaired) electrons. The Bertz CT molecular complexity index is 733. The van der Waals surface area contributed by atoms with Gasteiger partial charge in [0.1, 0.15) is 0 Å². The zero-order valence-electron chi connectivity index (χ0n) is 13.6. The number of halogens is 2. The van der Waals surface area contributed by atoms with Crippen LogP contribution in [0.1, 0.15) is 23.2 Å². The zero-order valence-corrected chi connectivity index (χ0v) is 14.5. The van der Waals surface area contributed by atoms with Crippen molar-refractivity contribution in [3.05, 3.63) is 65.7 Å². The lowest BCUT2D eigenvalue weighted by Crippen LogP contribution is -2.44. The van der Waals surface area contributed by atoms with E-state index in [0.29, 0.717) is 19.8 Å². The smallest absolute Gasteiger partial charge is 0.251 e. The van der Waals surface area contributed by atoms with Gasteiger partial charge in [0.05, 0.1) is 0 Å². The number of hydrogen-bond acceptors (Lipinski definition) is 3. The van der Waals surface area contributed by atoms with Crippen LogP contribution in [0.4, 0.5) is 8.78 Å². The molecule has 3 nitrogen and oxygen atoms in total. The highest BCUT2D eigenvalue weighted by Crippen LogP contribution is 2.40. The van der Waals surface area contributed by atoms with Gasteiger partial charge in [-0.25, -0.2) is 8.78 Å². The van der Waals surface area contributed by atoms with E-state index in [1.165, 1.54) is 6.07 Å². The third-order valence-electron chi connectivity index (χ3n) is 4.23. The first-order chi connectivity index (χ1) is 12.1. The number of hydrogen-bond donors (Lipinski definition) is 1. The molecule has 132 valence electrons. The number of benzene rings is 2. The lowest BCUT2D eigenvalue weighted by molar-refractivity contribution is 0.0741. The molecule has 3 rings (SSSR count). The number of carbonyl (C=O) groups excluding carboxylic acids is 1. The van der Waals surface area contributed by atoms with E-state index in [2.05, 4.69) is 5.32 Å². The van der Waals surface area contributed by atoms with Gasteiger partial charge in [-0.3, -0.25) is 4.79 Å². The normalized spacial score (nSPS) is 16.4. The van der Waals surface area contributed by atoms with Gasteiger partial charge < -0.3 is 10.1 Å². The topological polar surface area (TPSA) is 38.3 Å². The van der Waals surface area contributed by atoms with Gasteiger partial charge in [0.15, 0.2) is 11.6 Å². The molecule has 1 aliphatic heterocycles. The molecule has 0 aromatic heterocycles. The SMILES string of the molecule is O=C(NCC1(Sc2ccccc2)CCOCC1)c1ccc(F)c(F)c1. The van der Waals surface area contributed by atoms with Gasteiger partial charge in [-0.15, -0.1) is 11.8 Å². The van der Waals surface area contributed by atoms with Crippen molar-refractivity contribution >= 4 is 17.7 Å². The molecule has 1 fully saturated rings. The average molecular weight is 363 g/mol. The fourth-order valence-electron chi connectivity index (χ4n) is 2.78. The summed E-state index contributed by atoms with van der Waals surface area (Å²) >= 11 is 1.73. The van der Waals surface area contributed by atoms with Gasteiger partial charge in [-0.2, -0.15) is 0 Å². The lowest BCUT2D eigenvalue weighted by Gasteiger charge is -2.36. The van der Waals surface area contributed by atoms with Gasteiger partial charge in [0.25, 0.3) is 5.91 Å². The van der Waals surface area contributed by atoms with Crippen LogP contribution in [-0.4, -0.2) is 30.4 Å². The molecule has 1 saturated heterocycles. The maximum absolute atomic E-state index is 13.3. The van der Waals surface area contributed by atoms with Crippen LogP contribution in [0.15, 0.2) is 53.4 Å². The highest BCUT2D eigenvalue weighted by Gasteiger charge is 2.34. The summed E-state index contributed by atoms with van der Waals surface area (Å²) in [6.07, 6.45) is 1.62. The Morgan fingerprint density at radius 3 is 2.48 bits per heavy atom. The van der Waals surface area contributed by atoms with Crippen molar-refractivity contribution in [2.45, 2.75) is 22.5 Å². The summed E-state index contributed by atoms with van der Waals surface area (Å²) in [5.74, 6) is -2.39. The van der Waals surface area contributed by atoms with E-state index >= 15 is 0 Å². The van der Waals surface area contributed by atoms with E-state index in [9.17, 15) is 13.6 Å². The number of ether oxygens (including phenoxy) is 1. The predicted molar refractivity (Wildman–Crippen MR) is 93.8 cm³/mol. The summed E-state index contributed by atoms with van der Waals surface area (Å²) in [5, 5.41) is 2.87. The highest BCUT2D eigenvalue weighted by atomic mass is 32.2. The van der Waals surface area contributed by atoms with Crippen molar-refractivity contribution in [2.75, 3.05) is 19.8 Å². The van der Waals surface area contributed by atoms with Crippen LogP contribution in [0.5, 0.6) is 0 Å². The van der Waals surface area contributed by atoms with E-state index < -0.39 is 17.5 Å². The Morgan fingerprint density at radius 2 is 1.80 bits per heavy atom. The first-order valence-electron chi connectivity index (χ1n) is 8.13. The zero-order chi connectivity index (χ0) is 17.7. The van der Waals surface area contributed by atoms with Crippen molar-refractivity contribution < 1.29 is 18.3 Å². The quantitative estimate of drug-likeness (QED) is 0.871. The molecule has 1 amide bonds. The van der Waals surface area contributed by atoms with Crippen LogP contribution >= 0.6 is 11.8 Å². The second-order valence-electron chi connectivity index (χ2n) is 6.02. The average Bonchev–Trinajstić information content (AvgIpc) is 2.64. The number of amides is 1. The fourth-order valence-corrected chi connectivity index (χ4v) is 4.09.